The number of rotatable bonds is 8. The Balaban J connectivity index is 2.09. The Morgan fingerprint density at radius 1 is 1.21 bits per heavy atom. The largest absolute Gasteiger partial charge is 0.497 e. The van der Waals surface area contributed by atoms with Crippen molar-refractivity contribution < 1.29 is 23.0 Å². The van der Waals surface area contributed by atoms with Gasteiger partial charge in [0, 0.05) is 25.0 Å². The van der Waals surface area contributed by atoms with E-state index in [4.69, 9.17) is 9.47 Å². The number of hydrogen-bond donors (Lipinski definition) is 1. The second kappa shape index (κ2) is 10.9. The molecule has 33 heavy (non-hydrogen) atoms. The summed E-state index contributed by atoms with van der Waals surface area (Å²) in [6.45, 7) is 7.53. The van der Waals surface area contributed by atoms with Crippen molar-refractivity contribution in [3.05, 3.63) is 42.5 Å². The highest BCUT2D eigenvalue weighted by Gasteiger charge is 2.38. The lowest BCUT2D eigenvalue weighted by Crippen LogP contribution is -2.49. The molecule has 1 heterocycles. The SMILES string of the molecule is CCCN(C)C[C@H]1Oc2cc(-c3ccc(OC)cc3)ccc2S(=O)(=O)N([C@H](C)CO)C[C@H]1C. The topological polar surface area (TPSA) is 79.3 Å². The quantitative estimate of drug-likeness (QED) is 0.629. The molecule has 0 aromatic heterocycles. The smallest absolute Gasteiger partial charge is 0.247 e. The maximum Gasteiger partial charge on any atom is 0.247 e. The van der Waals surface area contributed by atoms with Gasteiger partial charge < -0.3 is 19.5 Å². The van der Waals surface area contributed by atoms with E-state index in [1.54, 1.807) is 32.2 Å². The fourth-order valence-corrected chi connectivity index (χ4v) is 6.01. The third kappa shape index (κ3) is 5.69. The Labute approximate surface area is 198 Å². The lowest BCUT2D eigenvalue weighted by molar-refractivity contribution is 0.0753. The van der Waals surface area contributed by atoms with E-state index in [-0.39, 0.29) is 30.1 Å². The molecule has 3 atom stereocenters. The highest BCUT2D eigenvalue weighted by Crippen LogP contribution is 2.36. The van der Waals surface area contributed by atoms with Gasteiger partial charge in [0.15, 0.2) is 0 Å². The minimum absolute atomic E-state index is 0.0640. The highest BCUT2D eigenvalue weighted by molar-refractivity contribution is 7.89. The Morgan fingerprint density at radius 2 is 1.88 bits per heavy atom. The predicted octanol–water partition coefficient (Wildman–Crippen LogP) is 3.47. The molecule has 0 radical (unpaired) electrons. The van der Waals surface area contributed by atoms with Crippen LogP contribution in [0.4, 0.5) is 0 Å². The van der Waals surface area contributed by atoms with Crippen molar-refractivity contribution in [1.29, 1.82) is 0 Å². The number of likely N-dealkylation sites (N-methyl/N-ethyl adjacent to an activating group) is 1. The molecule has 2 aromatic carbocycles. The number of aliphatic hydroxyl groups excluding tert-OH is 1. The molecule has 0 aliphatic carbocycles. The van der Waals surface area contributed by atoms with E-state index in [2.05, 4.69) is 18.9 Å². The number of methoxy groups -OCH3 is 1. The summed E-state index contributed by atoms with van der Waals surface area (Å²) in [5.41, 5.74) is 1.80. The maximum absolute atomic E-state index is 13.6. The van der Waals surface area contributed by atoms with Crippen LogP contribution in [0, 0.1) is 5.92 Å². The average Bonchev–Trinajstić information content (AvgIpc) is 2.80. The molecular formula is C25H36N2O5S. The normalized spacial score (nSPS) is 21.5. The van der Waals surface area contributed by atoms with Gasteiger partial charge in [-0.1, -0.05) is 32.0 Å². The minimum atomic E-state index is -3.84. The van der Waals surface area contributed by atoms with Crippen LogP contribution in [-0.4, -0.2) is 75.3 Å². The monoisotopic (exact) mass is 476 g/mol. The molecule has 1 N–H and O–H groups in total. The number of nitrogens with zero attached hydrogens (tertiary/aromatic N) is 2. The first-order valence-electron chi connectivity index (χ1n) is 11.5. The van der Waals surface area contributed by atoms with Gasteiger partial charge in [-0.15, -0.1) is 0 Å². The van der Waals surface area contributed by atoms with Crippen LogP contribution in [0.15, 0.2) is 47.4 Å². The molecule has 0 amide bonds. The molecule has 8 heteroatoms. The number of benzene rings is 2. The van der Waals surface area contributed by atoms with Crippen LogP contribution >= 0.6 is 0 Å². The fourth-order valence-electron chi connectivity index (χ4n) is 4.19. The Hall–Kier alpha value is -2.13. The van der Waals surface area contributed by atoms with Gasteiger partial charge in [0.1, 0.15) is 22.5 Å². The van der Waals surface area contributed by atoms with Gasteiger partial charge >= 0.3 is 0 Å². The van der Waals surface area contributed by atoms with Crippen molar-refractivity contribution in [3.63, 3.8) is 0 Å². The minimum Gasteiger partial charge on any atom is -0.497 e. The number of aliphatic hydroxyl groups is 1. The average molecular weight is 477 g/mol. The lowest BCUT2D eigenvalue weighted by Gasteiger charge is -2.37. The van der Waals surface area contributed by atoms with E-state index >= 15 is 0 Å². The molecule has 0 bridgehead atoms. The summed E-state index contributed by atoms with van der Waals surface area (Å²) < 4.78 is 40.3. The number of ether oxygens (including phenoxy) is 2. The van der Waals surface area contributed by atoms with Crippen molar-refractivity contribution in [2.75, 3.05) is 40.4 Å². The van der Waals surface area contributed by atoms with Crippen LogP contribution in [0.3, 0.4) is 0 Å². The number of fused-ring (bicyclic) bond motifs is 1. The van der Waals surface area contributed by atoms with E-state index in [9.17, 15) is 13.5 Å². The maximum atomic E-state index is 13.6. The van der Waals surface area contributed by atoms with Crippen molar-refractivity contribution >= 4 is 10.0 Å². The van der Waals surface area contributed by atoms with Gasteiger partial charge in [-0.3, -0.25) is 0 Å². The molecule has 3 rings (SSSR count). The first kappa shape index (κ1) is 25.5. The van der Waals surface area contributed by atoms with E-state index in [1.165, 1.54) is 4.31 Å². The van der Waals surface area contributed by atoms with E-state index in [0.717, 1.165) is 29.8 Å². The molecule has 1 aliphatic heterocycles. The van der Waals surface area contributed by atoms with Crippen molar-refractivity contribution in [2.24, 2.45) is 5.92 Å². The summed E-state index contributed by atoms with van der Waals surface area (Å²) in [6, 6.07) is 12.3. The summed E-state index contributed by atoms with van der Waals surface area (Å²) in [4.78, 5) is 2.35. The van der Waals surface area contributed by atoms with Crippen LogP contribution in [0.25, 0.3) is 11.1 Å². The van der Waals surface area contributed by atoms with Crippen LogP contribution in [0.2, 0.25) is 0 Å². The lowest BCUT2D eigenvalue weighted by atomic mass is 10.0. The van der Waals surface area contributed by atoms with Gasteiger partial charge in [-0.2, -0.15) is 4.31 Å². The molecule has 182 valence electrons. The molecule has 2 aromatic rings. The molecule has 0 fully saturated rings. The summed E-state index contributed by atoms with van der Waals surface area (Å²) in [5, 5.41) is 9.78. The molecule has 0 saturated heterocycles. The second-order valence-corrected chi connectivity index (χ2v) is 10.8. The number of hydrogen-bond acceptors (Lipinski definition) is 6. The zero-order valence-corrected chi connectivity index (χ0v) is 21.0. The molecule has 0 unspecified atom stereocenters. The summed E-state index contributed by atoms with van der Waals surface area (Å²) in [7, 11) is -0.170. The molecule has 0 saturated carbocycles. The van der Waals surface area contributed by atoms with Gasteiger partial charge in [0.2, 0.25) is 10.0 Å². The molecule has 7 nitrogen and oxygen atoms in total. The van der Waals surface area contributed by atoms with E-state index < -0.39 is 16.1 Å². The third-order valence-electron chi connectivity index (χ3n) is 6.19. The van der Waals surface area contributed by atoms with Gasteiger partial charge in [-0.25, -0.2) is 8.42 Å². The van der Waals surface area contributed by atoms with Crippen LogP contribution < -0.4 is 9.47 Å². The summed E-state index contributed by atoms with van der Waals surface area (Å²) in [6.07, 6.45) is 0.827. The Morgan fingerprint density at radius 3 is 2.48 bits per heavy atom. The second-order valence-electron chi connectivity index (χ2n) is 8.89. The van der Waals surface area contributed by atoms with Crippen molar-refractivity contribution in [1.82, 2.24) is 9.21 Å². The first-order chi connectivity index (χ1) is 15.7. The first-order valence-corrected chi connectivity index (χ1v) is 12.9. The Kier molecular flexibility index (Phi) is 8.39. The van der Waals surface area contributed by atoms with E-state index in [0.29, 0.717) is 12.3 Å². The van der Waals surface area contributed by atoms with Crippen molar-refractivity contribution in [3.8, 4) is 22.6 Å². The van der Waals surface area contributed by atoms with E-state index in [1.807, 2.05) is 31.2 Å². The molecule has 0 spiro atoms. The zero-order valence-electron chi connectivity index (χ0n) is 20.2. The summed E-state index contributed by atoms with van der Waals surface area (Å²) in [5.74, 6) is 1.04. The van der Waals surface area contributed by atoms with Crippen LogP contribution in [0.5, 0.6) is 11.5 Å². The fraction of sp³-hybridized carbons (Fsp3) is 0.520. The zero-order chi connectivity index (χ0) is 24.2. The highest BCUT2D eigenvalue weighted by atomic mass is 32.2. The van der Waals surface area contributed by atoms with Gasteiger partial charge in [0.05, 0.1) is 13.7 Å². The standard InChI is InChI=1S/C25H36N2O5S/c1-6-13-26(4)16-24-18(2)15-27(19(3)17-28)33(29,30)25-12-9-21(14-23(25)32-24)20-7-10-22(31-5)11-8-20/h7-12,14,18-19,24,28H,6,13,15-17H2,1-5H3/t18-,19-,24-/m1/s1. The van der Waals surface area contributed by atoms with Gasteiger partial charge in [-0.05, 0) is 62.3 Å². The van der Waals surface area contributed by atoms with Gasteiger partial charge in [0.25, 0.3) is 0 Å². The van der Waals surface area contributed by atoms with Crippen molar-refractivity contribution in [2.45, 2.75) is 44.2 Å². The third-order valence-corrected chi connectivity index (χ3v) is 8.21. The predicted molar refractivity (Wildman–Crippen MR) is 130 cm³/mol. The van der Waals surface area contributed by atoms with Crippen LogP contribution in [0.1, 0.15) is 27.2 Å². The molecule has 1 aliphatic rings. The summed E-state index contributed by atoms with van der Waals surface area (Å²) >= 11 is 0. The van der Waals surface area contributed by atoms with Crippen LogP contribution in [-0.2, 0) is 10.0 Å². The Bertz CT molecular complexity index is 1030. The molecular weight excluding hydrogens is 440 g/mol. The number of sulfonamides is 1.